The fraction of sp³-hybridized carbons (Fsp3) is 0.455. The molecule has 0 unspecified atom stereocenters. The van der Waals surface area contributed by atoms with Crippen LogP contribution in [0.2, 0.25) is 0 Å². The molecule has 11 nitrogen and oxygen atoms in total. The normalized spacial score (nSPS) is 18.9. The van der Waals surface area contributed by atoms with Crippen molar-refractivity contribution in [3.63, 3.8) is 0 Å². The number of nitrogens with one attached hydrogen (secondary N) is 1. The van der Waals surface area contributed by atoms with Crippen molar-refractivity contribution in [1.29, 1.82) is 10.5 Å². The Balaban J connectivity index is 1.39. The molecule has 228 valence electrons. The molecule has 44 heavy (non-hydrogen) atoms. The summed E-state index contributed by atoms with van der Waals surface area (Å²) < 4.78 is 1.42. The van der Waals surface area contributed by atoms with E-state index in [2.05, 4.69) is 39.7 Å². The van der Waals surface area contributed by atoms with Gasteiger partial charge in [-0.3, -0.25) is 4.79 Å². The molecule has 1 saturated heterocycles. The molecule has 2 amide bonds. The summed E-state index contributed by atoms with van der Waals surface area (Å²) >= 11 is 0. The van der Waals surface area contributed by atoms with Crippen LogP contribution < -0.4 is 15.8 Å². The zero-order valence-corrected chi connectivity index (χ0v) is 25.9. The fourth-order valence-electron chi connectivity index (χ4n) is 6.03. The number of hydrogen-bond acceptors (Lipinski definition) is 8. The second-order valence-electron chi connectivity index (χ2n) is 12.5. The summed E-state index contributed by atoms with van der Waals surface area (Å²) in [4.78, 5) is 39.4. The monoisotopic (exact) mass is 594 g/mol. The van der Waals surface area contributed by atoms with Gasteiger partial charge in [0.15, 0.2) is 0 Å². The molecule has 0 radical (unpaired) electrons. The van der Waals surface area contributed by atoms with Crippen LogP contribution in [-0.2, 0) is 18.4 Å². The molecule has 11 heteroatoms. The number of hydrogen-bond donors (Lipinski definition) is 1. The molecular weight excluding hydrogens is 556 g/mol. The van der Waals surface area contributed by atoms with Crippen LogP contribution in [0.25, 0.3) is 11.0 Å². The summed E-state index contributed by atoms with van der Waals surface area (Å²) in [6, 6.07) is 15.7. The van der Waals surface area contributed by atoms with Crippen LogP contribution in [-0.4, -0.2) is 58.0 Å². The maximum atomic E-state index is 13.1. The van der Waals surface area contributed by atoms with Gasteiger partial charge in [-0.05, 0) is 69.7 Å². The van der Waals surface area contributed by atoms with Crippen molar-refractivity contribution < 1.29 is 9.63 Å². The van der Waals surface area contributed by atoms with Crippen molar-refractivity contribution in [1.82, 2.24) is 19.8 Å². The van der Waals surface area contributed by atoms with Gasteiger partial charge >= 0.3 is 6.03 Å². The molecule has 5 rings (SSSR count). The predicted molar refractivity (Wildman–Crippen MR) is 168 cm³/mol. The third-order valence-corrected chi connectivity index (χ3v) is 8.41. The first-order chi connectivity index (χ1) is 21.0. The second-order valence-corrected chi connectivity index (χ2v) is 12.5. The van der Waals surface area contributed by atoms with E-state index in [1.807, 2.05) is 44.9 Å². The summed E-state index contributed by atoms with van der Waals surface area (Å²) in [6.45, 7) is 7.83. The fourth-order valence-corrected chi connectivity index (χ4v) is 6.03. The van der Waals surface area contributed by atoms with E-state index >= 15 is 0 Å². The van der Waals surface area contributed by atoms with Crippen LogP contribution in [0.5, 0.6) is 0 Å². The number of pyridine rings is 2. The van der Waals surface area contributed by atoms with Crippen molar-refractivity contribution in [2.24, 2.45) is 18.1 Å². The highest BCUT2D eigenvalue weighted by atomic mass is 16.6. The van der Waals surface area contributed by atoms with Gasteiger partial charge in [-0.1, -0.05) is 29.4 Å². The van der Waals surface area contributed by atoms with Gasteiger partial charge in [0.2, 0.25) is 0 Å². The topological polar surface area (TPSA) is 140 Å². The number of rotatable bonds is 7. The maximum Gasteiger partial charge on any atom is 0.317 e. The number of anilines is 1. The highest BCUT2D eigenvalue weighted by molar-refractivity contribution is 6.02. The number of benzene rings is 1. The number of nitriles is 2. The first-order valence-electron chi connectivity index (χ1n) is 15.0. The molecule has 1 aromatic carbocycles. The van der Waals surface area contributed by atoms with Crippen molar-refractivity contribution >= 4 is 28.5 Å². The van der Waals surface area contributed by atoms with Crippen LogP contribution in [0.4, 0.5) is 10.5 Å². The average molecular weight is 595 g/mol. The maximum absolute atomic E-state index is 13.1. The lowest BCUT2D eigenvalue weighted by Gasteiger charge is -2.37. The quantitative estimate of drug-likeness (QED) is 0.316. The minimum atomic E-state index is -0.449. The van der Waals surface area contributed by atoms with Crippen molar-refractivity contribution in [3.8, 4) is 12.1 Å². The third-order valence-electron chi connectivity index (χ3n) is 8.41. The molecule has 1 aliphatic carbocycles. The van der Waals surface area contributed by atoms with Gasteiger partial charge in [0.1, 0.15) is 34.5 Å². The van der Waals surface area contributed by atoms with E-state index < -0.39 is 5.60 Å². The number of urea groups is 1. The molecule has 0 spiro atoms. The van der Waals surface area contributed by atoms with Gasteiger partial charge in [-0.15, -0.1) is 0 Å². The molecule has 2 fully saturated rings. The van der Waals surface area contributed by atoms with Crippen molar-refractivity contribution in [3.05, 3.63) is 69.1 Å². The van der Waals surface area contributed by atoms with Gasteiger partial charge in [0.25, 0.3) is 5.56 Å². The third kappa shape index (κ3) is 6.23. The molecular formula is C33H38N8O3. The smallest absolute Gasteiger partial charge is 0.317 e. The Morgan fingerprint density at radius 1 is 1.09 bits per heavy atom. The summed E-state index contributed by atoms with van der Waals surface area (Å²) in [5, 5.41) is 27.0. The molecule has 2 aromatic heterocycles. The zero-order chi connectivity index (χ0) is 31.6. The Morgan fingerprint density at radius 2 is 1.80 bits per heavy atom. The Bertz CT molecular complexity index is 1730. The average Bonchev–Trinajstić information content (AvgIpc) is 3.42. The Hall–Kier alpha value is -4.90. The van der Waals surface area contributed by atoms with Gasteiger partial charge in [0, 0.05) is 45.7 Å². The van der Waals surface area contributed by atoms with Crippen molar-refractivity contribution in [2.45, 2.75) is 64.6 Å². The lowest BCUT2D eigenvalue weighted by Crippen LogP contribution is -2.39. The number of aromatic nitrogens is 2. The summed E-state index contributed by atoms with van der Waals surface area (Å²) in [5.41, 5.74) is 3.87. The molecule has 3 aromatic rings. The largest absolute Gasteiger partial charge is 0.390 e. The highest BCUT2D eigenvalue weighted by Crippen LogP contribution is 2.35. The molecule has 0 atom stereocenters. The molecule has 1 saturated carbocycles. The van der Waals surface area contributed by atoms with E-state index in [1.54, 1.807) is 24.1 Å². The molecule has 1 N–H and O–H groups in total. The summed E-state index contributed by atoms with van der Waals surface area (Å²) in [6.07, 6.45) is 3.27. The van der Waals surface area contributed by atoms with E-state index in [0.29, 0.717) is 36.4 Å². The number of carbonyl (C=O) groups excluding carboxylic acids is 1. The van der Waals surface area contributed by atoms with Gasteiger partial charge in [-0.25, -0.2) is 9.78 Å². The second kappa shape index (κ2) is 12.4. The number of amides is 2. The number of aryl methyl sites for hydroxylation is 1. The first-order valence-corrected chi connectivity index (χ1v) is 15.0. The molecule has 1 aliphatic heterocycles. The molecule has 2 aliphatic rings. The van der Waals surface area contributed by atoms with E-state index in [4.69, 9.17) is 4.84 Å². The number of carbonyl (C=O) groups is 1. The minimum Gasteiger partial charge on any atom is -0.390 e. The number of oxime groups is 1. The van der Waals surface area contributed by atoms with E-state index in [9.17, 15) is 20.1 Å². The van der Waals surface area contributed by atoms with E-state index in [0.717, 1.165) is 42.5 Å². The lowest BCUT2D eigenvalue weighted by atomic mass is 9.80. The van der Waals surface area contributed by atoms with E-state index in [-0.39, 0.29) is 34.8 Å². The number of nitrogens with zero attached hydrogens (tertiary/aromatic N) is 7. The Kier molecular flexibility index (Phi) is 8.59. The SMILES string of the molecule is CN(c1c(C#N)c(=O)n(C)c2ccc(C#N)nc12)C1CCC(/C(=N\OC(C)(C)C)c2ccc(CN3CCNC3=O)cc2)CC1. The lowest BCUT2D eigenvalue weighted by molar-refractivity contribution is -0.0000303. The number of fused-ring (bicyclic) bond motifs is 1. The van der Waals surface area contributed by atoms with Gasteiger partial charge in [-0.2, -0.15) is 10.5 Å². The van der Waals surface area contributed by atoms with Crippen molar-refractivity contribution in [2.75, 3.05) is 25.0 Å². The first kappa shape index (κ1) is 30.6. The Morgan fingerprint density at radius 3 is 2.39 bits per heavy atom. The van der Waals surface area contributed by atoms with Crippen LogP contribution in [0.1, 0.15) is 68.8 Å². The van der Waals surface area contributed by atoms with Crippen LogP contribution in [0.3, 0.4) is 0 Å². The van der Waals surface area contributed by atoms with Gasteiger partial charge in [0.05, 0.1) is 16.9 Å². The molecule has 0 bridgehead atoms. The van der Waals surface area contributed by atoms with Gasteiger partial charge < -0.3 is 24.5 Å². The molecule has 3 heterocycles. The van der Waals surface area contributed by atoms with Crippen LogP contribution in [0.15, 0.2) is 46.3 Å². The minimum absolute atomic E-state index is 0.0274. The zero-order valence-electron chi connectivity index (χ0n) is 25.9. The predicted octanol–water partition coefficient (Wildman–Crippen LogP) is 4.42. The summed E-state index contributed by atoms with van der Waals surface area (Å²) in [5.74, 6) is 0.149. The highest BCUT2D eigenvalue weighted by Gasteiger charge is 2.31. The Labute approximate surface area is 257 Å². The van der Waals surface area contributed by atoms with Crippen LogP contribution >= 0.6 is 0 Å². The summed E-state index contributed by atoms with van der Waals surface area (Å²) in [7, 11) is 3.52. The standard InChI is InChI=1S/C33H38N8O3/c1-33(2,3)44-38-28(22-8-6-21(7-9-22)20-41-17-16-36-32(41)43)23-10-13-25(14-11-23)39(4)30-26(19-35)31(42)40(5)27-15-12-24(18-34)37-29(27)30/h6-9,12,15,23,25H,10-11,13-14,16-17,20H2,1-5H3,(H,36,43)/b38-28-. The van der Waals surface area contributed by atoms with Crippen LogP contribution in [0, 0.1) is 28.6 Å². The van der Waals surface area contributed by atoms with E-state index in [1.165, 1.54) is 4.57 Å².